The molecule has 1 aromatic rings. The smallest absolute Gasteiger partial charge is 0.0244 e. The summed E-state index contributed by atoms with van der Waals surface area (Å²) in [6.07, 6.45) is 2.48. The molecule has 1 unspecified atom stereocenters. The SMILES string of the molecule is CCCc1[pH]ccccccc1C. The van der Waals surface area contributed by atoms with E-state index >= 15 is 0 Å². The van der Waals surface area contributed by atoms with Crippen molar-refractivity contribution in [2.75, 3.05) is 0 Å². The van der Waals surface area contributed by atoms with E-state index in [2.05, 4.69) is 50.0 Å². The topological polar surface area (TPSA) is 0 Å². The summed E-state index contributed by atoms with van der Waals surface area (Å²) in [5, 5.41) is 1.60. The van der Waals surface area contributed by atoms with Crippen LogP contribution in [0.3, 0.4) is 0 Å². The summed E-state index contributed by atoms with van der Waals surface area (Å²) in [7, 11) is 0.861. The van der Waals surface area contributed by atoms with Gasteiger partial charge in [-0.25, -0.2) is 0 Å². The molecule has 0 aliphatic carbocycles. The zero-order valence-electron chi connectivity index (χ0n) is 8.38. The lowest BCUT2D eigenvalue weighted by molar-refractivity contribution is 0.932. The first-order chi connectivity index (χ1) is 6.34. The predicted molar refractivity (Wildman–Crippen MR) is 62.3 cm³/mol. The highest BCUT2D eigenvalue weighted by molar-refractivity contribution is 7.30. The third-order valence-corrected chi connectivity index (χ3v) is 3.36. The Morgan fingerprint density at radius 3 is 2.69 bits per heavy atom. The molecule has 0 saturated heterocycles. The van der Waals surface area contributed by atoms with Crippen molar-refractivity contribution in [1.82, 2.24) is 0 Å². The van der Waals surface area contributed by atoms with Crippen LogP contribution in [0.2, 0.25) is 0 Å². The summed E-state index contributed by atoms with van der Waals surface area (Å²) in [5.74, 6) is 2.26. The maximum atomic E-state index is 2.26. The quantitative estimate of drug-likeness (QED) is 0.661. The van der Waals surface area contributed by atoms with Gasteiger partial charge in [-0.2, -0.15) is 0 Å². The second-order valence-electron chi connectivity index (χ2n) is 3.16. The molecule has 1 heterocycles. The van der Waals surface area contributed by atoms with E-state index in [0.717, 1.165) is 8.19 Å². The monoisotopic (exact) mass is 192 g/mol. The van der Waals surface area contributed by atoms with E-state index < -0.39 is 0 Å². The lowest BCUT2D eigenvalue weighted by Crippen LogP contribution is -1.80. The molecule has 0 amide bonds. The highest BCUT2D eigenvalue weighted by Crippen LogP contribution is 2.16. The molecule has 1 aromatic heterocycles. The molecule has 0 radical (unpaired) electrons. The van der Waals surface area contributed by atoms with Gasteiger partial charge in [-0.05, 0) is 30.0 Å². The van der Waals surface area contributed by atoms with Crippen molar-refractivity contribution in [2.24, 2.45) is 0 Å². The molecule has 0 aromatic carbocycles. The van der Waals surface area contributed by atoms with Gasteiger partial charge in [0.15, 0.2) is 0 Å². The van der Waals surface area contributed by atoms with E-state index in [0.29, 0.717) is 0 Å². The van der Waals surface area contributed by atoms with Gasteiger partial charge in [0.25, 0.3) is 0 Å². The maximum absolute atomic E-state index is 2.26. The van der Waals surface area contributed by atoms with Crippen LogP contribution in [-0.4, -0.2) is 0 Å². The Kier molecular flexibility index (Phi) is 4.64. The van der Waals surface area contributed by atoms with E-state index in [9.17, 15) is 0 Å². The molecule has 1 atom stereocenters. The second kappa shape index (κ2) is 5.83. The van der Waals surface area contributed by atoms with Crippen LogP contribution < -0.4 is 0 Å². The van der Waals surface area contributed by atoms with E-state index in [-0.39, 0.29) is 0 Å². The van der Waals surface area contributed by atoms with Crippen molar-refractivity contribution in [1.29, 1.82) is 0 Å². The van der Waals surface area contributed by atoms with Gasteiger partial charge in [0.2, 0.25) is 0 Å². The van der Waals surface area contributed by atoms with Crippen LogP contribution in [0.5, 0.6) is 0 Å². The fourth-order valence-electron chi connectivity index (χ4n) is 1.27. The average molecular weight is 192 g/mol. The van der Waals surface area contributed by atoms with Crippen molar-refractivity contribution in [3.05, 3.63) is 47.0 Å². The number of hydrogen-bond acceptors (Lipinski definition) is 0. The first-order valence-corrected chi connectivity index (χ1v) is 5.88. The zero-order chi connectivity index (χ0) is 9.52. The fraction of sp³-hybridized carbons (Fsp3) is 0.333. The Labute approximate surface area is 82.4 Å². The molecule has 0 nitrogen and oxygen atoms in total. The highest BCUT2D eigenvalue weighted by Gasteiger charge is 1.90. The van der Waals surface area contributed by atoms with Crippen LogP contribution >= 0.6 is 8.19 Å². The van der Waals surface area contributed by atoms with Crippen LogP contribution in [0.15, 0.2) is 36.1 Å². The fourth-order valence-corrected chi connectivity index (χ4v) is 2.38. The molecule has 0 N–H and O–H groups in total. The van der Waals surface area contributed by atoms with Crippen molar-refractivity contribution < 1.29 is 0 Å². The van der Waals surface area contributed by atoms with Gasteiger partial charge in [0.1, 0.15) is 0 Å². The molecule has 0 aliphatic heterocycles. The molecule has 0 saturated carbocycles. The van der Waals surface area contributed by atoms with Gasteiger partial charge >= 0.3 is 0 Å². The Hall–Kier alpha value is -0.740. The van der Waals surface area contributed by atoms with Crippen molar-refractivity contribution in [3.63, 3.8) is 0 Å². The Morgan fingerprint density at radius 1 is 1.15 bits per heavy atom. The number of hydrogen-bond donors (Lipinski definition) is 0. The van der Waals surface area contributed by atoms with Gasteiger partial charge in [-0.15, -0.1) is 8.19 Å². The van der Waals surface area contributed by atoms with Gasteiger partial charge in [0.05, 0.1) is 0 Å². The number of aryl methyl sites for hydroxylation is 2. The average Bonchev–Trinajstić information content (AvgIpc) is 2.21. The Balaban J connectivity index is 3.13. The molecule has 70 valence electrons. The van der Waals surface area contributed by atoms with Gasteiger partial charge in [0, 0.05) is 0 Å². The summed E-state index contributed by atoms with van der Waals surface area (Å²) in [4.78, 5) is 0. The third kappa shape index (κ3) is 3.65. The Morgan fingerprint density at radius 2 is 1.92 bits per heavy atom. The molecule has 1 heteroatoms. The number of rotatable bonds is 2. The van der Waals surface area contributed by atoms with Crippen molar-refractivity contribution in [3.8, 4) is 0 Å². The first kappa shape index (κ1) is 10.3. The van der Waals surface area contributed by atoms with E-state index in [1.54, 1.807) is 5.30 Å². The van der Waals surface area contributed by atoms with Crippen molar-refractivity contribution >= 4 is 8.19 Å². The van der Waals surface area contributed by atoms with Gasteiger partial charge in [-0.1, -0.05) is 43.7 Å². The predicted octanol–water partition coefficient (Wildman–Crippen LogP) is 4.10. The normalized spacial score (nSPS) is 10.0. The minimum Gasteiger partial charge on any atom is -0.136 e. The molecule has 1 rings (SSSR count). The van der Waals surface area contributed by atoms with E-state index in [1.165, 1.54) is 18.4 Å². The minimum absolute atomic E-state index is 0.861. The molecule has 0 bridgehead atoms. The summed E-state index contributed by atoms with van der Waals surface area (Å²) in [5.41, 5.74) is 1.44. The Bertz CT molecular complexity index is 298. The van der Waals surface area contributed by atoms with Crippen LogP contribution in [0, 0.1) is 6.92 Å². The van der Waals surface area contributed by atoms with Crippen LogP contribution in [0.1, 0.15) is 24.2 Å². The molecular weight excluding hydrogens is 175 g/mol. The zero-order valence-corrected chi connectivity index (χ0v) is 9.38. The first-order valence-electron chi connectivity index (χ1n) is 4.80. The largest absolute Gasteiger partial charge is 0.136 e. The van der Waals surface area contributed by atoms with Crippen LogP contribution in [0.25, 0.3) is 0 Å². The van der Waals surface area contributed by atoms with Gasteiger partial charge in [-0.3, -0.25) is 0 Å². The lowest BCUT2D eigenvalue weighted by Gasteiger charge is -1.98. The molecule has 0 aliphatic rings. The van der Waals surface area contributed by atoms with Gasteiger partial charge < -0.3 is 0 Å². The summed E-state index contributed by atoms with van der Waals surface area (Å²) >= 11 is 0. The maximum Gasteiger partial charge on any atom is -0.0244 e. The summed E-state index contributed by atoms with van der Waals surface area (Å²) in [6, 6.07) is 10.6. The molecule has 0 spiro atoms. The van der Waals surface area contributed by atoms with E-state index in [4.69, 9.17) is 0 Å². The van der Waals surface area contributed by atoms with Crippen LogP contribution in [-0.2, 0) is 6.42 Å². The molecular formula is C12H17P. The third-order valence-electron chi connectivity index (χ3n) is 2.01. The second-order valence-corrected chi connectivity index (χ2v) is 4.38. The molecule has 0 fully saturated rings. The summed E-state index contributed by atoms with van der Waals surface area (Å²) in [6.45, 7) is 4.45. The standard InChI is InChI=1S/C12H17P/c1-3-8-12-11(2)9-6-4-5-7-10-13-12/h4-7,9-10,13H,3,8H2,1-2H3. The molecule has 13 heavy (non-hydrogen) atoms. The lowest BCUT2D eigenvalue weighted by atomic mass is 10.2. The highest BCUT2D eigenvalue weighted by atomic mass is 31.0. The van der Waals surface area contributed by atoms with Crippen molar-refractivity contribution in [2.45, 2.75) is 26.7 Å². The minimum atomic E-state index is 0.861. The van der Waals surface area contributed by atoms with Crippen LogP contribution in [0.4, 0.5) is 0 Å². The summed E-state index contributed by atoms with van der Waals surface area (Å²) < 4.78 is 0. The van der Waals surface area contributed by atoms with E-state index in [1.807, 2.05) is 0 Å².